The van der Waals surface area contributed by atoms with Gasteiger partial charge in [0.15, 0.2) is 0 Å². The zero-order valence-corrected chi connectivity index (χ0v) is 13.4. The number of nitrogens with zero attached hydrogens (tertiary/aromatic N) is 2. The van der Waals surface area contributed by atoms with Crippen molar-refractivity contribution >= 4 is 11.8 Å². The summed E-state index contributed by atoms with van der Waals surface area (Å²) in [4.78, 5) is 24.3. The van der Waals surface area contributed by atoms with E-state index in [2.05, 4.69) is 39.6 Å². The van der Waals surface area contributed by atoms with E-state index in [4.69, 9.17) is 0 Å². The molecule has 0 saturated carbocycles. The standard InChI is InChI=1S/C9H21N.C5H5NO2.2H2O/c1-6-9(4)7-10(5)8(2)3;1-6-4(7)2-3-5(6)8;;/h8-9H,6-7H2,1-5H3;2-3H,1H3;2*1H2. The fourth-order valence-electron chi connectivity index (χ4n) is 1.31. The molecule has 0 fully saturated rings. The number of hydrogen-bond acceptors (Lipinski definition) is 3. The van der Waals surface area contributed by atoms with Gasteiger partial charge in [0.1, 0.15) is 0 Å². The van der Waals surface area contributed by atoms with Crippen LogP contribution in [0.3, 0.4) is 0 Å². The Balaban J connectivity index is -0.000000266. The Morgan fingerprint density at radius 2 is 1.50 bits per heavy atom. The molecule has 1 atom stereocenters. The third-order valence-corrected chi connectivity index (χ3v) is 3.21. The second kappa shape index (κ2) is 11.6. The van der Waals surface area contributed by atoms with Crippen LogP contribution >= 0.6 is 0 Å². The van der Waals surface area contributed by atoms with Crippen LogP contribution in [-0.2, 0) is 9.59 Å². The van der Waals surface area contributed by atoms with Crippen molar-refractivity contribution in [3.8, 4) is 0 Å². The molecule has 4 N–H and O–H groups in total. The third-order valence-electron chi connectivity index (χ3n) is 3.21. The summed E-state index contributed by atoms with van der Waals surface area (Å²) in [6.45, 7) is 10.3. The molecule has 0 spiro atoms. The molecule has 20 heavy (non-hydrogen) atoms. The fraction of sp³-hybridized carbons (Fsp3) is 0.714. The first-order valence-electron chi connectivity index (χ1n) is 6.49. The van der Waals surface area contributed by atoms with Gasteiger partial charge in [-0.2, -0.15) is 0 Å². The molecule has 0 bridgehead atoms. The largest absolute Gasteiger partial charge is 0.412 e. The van der Waals surface area contributed by atoms with Crippen molar-refractivity contribution in [2.75, 3.05) is 20.6 Å². The lowest BCUT2D eigenvalue weighted by atomic mass is 10.1. The van der Waals surface area contributed by atoms with Gasteiger partial charge in [0.05, 0.1) is 0 Å². The minimum absolute atomic E-state index is 0. The van der Waals surface area contributed by atoms with Crippen molar-refractivity contribution in [1.29, 1.82) is 0 Å². The fourth-order valence-corrected chi connectivity index (χ4v) is 1.31. The summed E-state index contributed by atoms with van der Waals surface area (Å²) in [5, 5.41) is 0. The zero-order chi connectivity index (χ0) is 14.3. The second-order valence-corrected chi connectivity index (χ2v) is 5.12. The molecule has 0 aromatic carbocycles. The molecule has 2 amide bonds. The molecule has 6 nitrogen and oxygen atoms in total. The van der Waals surface area contributed by atoms with E-state index in [1.165, 1.54) is 32.2 Å². The monoisotopic (exact) mass is 290 g/mol. The van der Waals surface area contributed by atoms with Crippen LogP contribution in [0.15, 0.2) is 12.2 Å². The van der Waals surface area contributed by atoms with E-state index in [0.717, 1.165) is 10.8 Å². The highest BCUT2D eigenvalue weighted by Crippen LogP contribution is 2.04. The maximum absolute atomic E-state index is 10.4. The number of carbonyl (C=O) groups is 2. The van der Waals surface area contributed by atoms with Crippen molar-refractivity contribution in [2.45, 2.75) is 40.2 Å². The van der Waals surface area contributed by atoms with E-state index in [1.807, 2.05) is 0 Å². The van der Waals surface area contributed by atoms with Crippen LogP contribution in [0.1, 0.15) is 34.1 Å². The van der Waals surface area contributed by atoms with Gasteiger partial charge in [0.25, 0.3) is 11.8 Å². The smallest absolute Gasteiger partial charge is 0.253 e. The van der Waals surface area contributed by atoms with Gasteiger partial charge >= 0.3 is 0 Å². The van der Waals surface area contributed by atoms with Crippen LogP contribution in [0, 0.1) is 5.92 Å². The molecule has 1 rings (SSSR count). The summed E-state index contributed by atoms with van der Waals surface area (Å²) < 4.78 is 0. The van der Waals surface area contributed by atoms with Gasteiger partial charge < -0.3 is 15.9 Å². The highest BCUT2D eigenvalue weighted by molar-refractivity contribution is 6.12. The van der Waals surface area contributed by atoms with Crippen LogP contribution in [-0.4, -0.2) is 59.2 Å². The van der Waals surface area contributed by atoms with Crippen molar-refractivity contribution in [3.63, 3.8) is 0 Å². The summed E-state index contributed by atoms with van der Waals surface area (Å²) in [7, 11) is 3.64. The summed E-state index contributed by atoms with van der Waals surface area (Å²) in [5.41, 5.74) is 0. The van der Waals surface area contributed by atoms with E-state index < -0.39 is 0 Å². The van der Waals surface area contributed by atoms with Crippen LogP contribution in [0.2, 0.25) is 0 Å². The second-order valence-electron chi connectivity index (χ2n) is 5.12. The van der Waals surface area contributed by atoms with Crippen LogP contribution in [0.5, 0.6) is 0 Å². The van der Waals surface area contributed by atoms with E-state index in [-0.39, 0.29) is 22.8 Å². The average molecular weight is 290 g/mol. The van der Waals surface area contributed by atoms with Crippen LogP contribution < -0.4 is 0 Å². The quantitative estimate of drug-likeness (QED) is 0.694. The maximum atomic E-state index is 10.4. The Morgan fingerprint density at radius 3 is 1.70 bits per heavy atom. The first-order valence-corrected chi connectivity index (χ1v) is 6.49. The highest BCUT2D eigenvalue weighted by atomic mass is 16.2. The Bertz CT molecular complexity index is 298. The number of rotatable bonds is 4. The molecule has 1 aliphatic heterocycles. The normalized spacial score (nSPS) is 14.7. The minimum atomic E-state index is -0.241. The van der Waals surface area contributed by atoms with Gasteiger partial charge in [-0.15, -0.1) is 0 Å². The zero-order valence-electron chi connectivity index (χ0n) is 13.4. The van der Waals surface area contributed by atoms with Crippen molar-refractivity contribution in [1.82, 2.24) is 9.80 Å². The predicted molar refractivity (Wildman–Crippen MR) is 81.4 cm³/mol. The molecule has 1 aliphatic rings. The SMILES string of the molecule is CCC(C)CN(C)C(C)C.CN1C(=O)C=CC1=O.O.O. The third kappa shape index (κ3) is 8.79. The van der Waals surface area contributed by atoms with Gasteiger partial charge in [0.2, 0.25) is 0 Å². The number of carbonyl (C=O) groups excluding carboxylic acids is 2. The summed E-state index contributed by atoms with van der Waals surface area (Å²) in [6, 6.07) is 0.689. The van der Waals surface area contributed by atoms with E-state index in [0.29, 0.717) is 6.04 Å². The lowest BCUT2D eigenvalue weighted by molar-refractivity contribution is -0.135. The van der Waals surface area contributed by atoms with Gasteiger partial charge in [-0.05, 0) is 26.8 Å². The molecule has 0 radical (unpaired) electrons. The van der Waals surface area contributed by atoms with Gasteiger partial charge in [-0.3, -0.25) is 14.5 Å². The summed E-state index contributed by atoms with van der Waals surface area (Å²) in [5.74, 6) is 0.359. The van der Waals surface area contributed by atoms with E-state index >= 15 is 0 Å². The number of imide groups is 1. The first kappa shape index (κ1) is 23.8. The van der Waals surface area contributed by atoms with E-state index in [1.54, 1.807) is 0 Å². The Hall–Kier alpha value is -1.24. The van der Waals surface area contributed by atoms with Crippen molar-refractivity contribution in [3.05, 3.63) is 12.2 Å². The minimum Gasteiger partial charge on any atom is -0.412 e. The summed E-state index contributed by atoms with van der Waals surface area (Å²) >= 11 is 0. The molecule has 0 aliphatic carbocycles. The van der Waals surface area contributed by atoms with Gasteiger partial charge in [0, 0.05) is 31.8 Å². The Labute approximate surface area is 122 Å². The molecule has 1 unspecified atom stereocenters. The Morgan fingerprint density at radius 1 is 1.10 bits per heavy atom. The van der Waals surface area contributed by atoms with Crippen LogP contribution in [0.25, 0.3) is 0 Å². The maximum Gasteiger partial charge on any atom is 0.253 e. The topological polar surface area (TPSA) is 104 Å². The van der Waals surface area contributed by atoms with Crippen molar-refractivity contribution in [2.24, 2.45) is 5.92 Å². The molecule has 1 heterocycles. The molecular weight excluding hydrogens is 260 g/mol. The number of hydrogen-bond donors (Lipinski definition) is 0. The molecule has 0 aromatic rings. The van der Waals surface area contributed by atoms with Crippen molar-refractivity contribution < 1.29 is 20.5 Å². The lowest BCUT2D eigenvalue weighted by Gasteiger charge is -2.23. The van der Waals surface area contributed by atoms with Gasteiger partial charge in [-0.25, -0.2) is 0 Å². The van der Waals surface area contributed by atoms with Crippen LogP contribution in [0.4, 0.5) is 0 Å². The molecule has 120 valence electrons. The first-order chi connectivity index (χ1) is 8.29. The molecule has 0 saturated heterocycles. The highest BCUT2D eigenvalue weighted by Gasteiger charge is 2.17. The van der Waals surface area contributed by atoms with E-state index in [9.17, 15) is 9.59 Å². The molecular formula is C14H30N2O4. The number of likely N-dealkylation sites (N-methyl/N-ethyl adjacent to an activating group) is 1. The summed E-state index contributed by atoms with van der Waals surface area (Å²) in [6.07, 6.45) is 3.79. The average Bonchev–Trinajstić information content (AvgIpc) is 2.61. The molecule has 0 aromatic heterocycles. The molecule has 6 heteroatoms. The predicted octanol–water partition coefficient (Wildman–Crippen LogP) is 0.265. The lowest BCUT2D eigenvalue weighted by Crippen LogP contribution is -2.30. The Kier molecular flexibility index (Phi) is 13.8. The van der Waals surface area contributed by atoms with Gasteiger partial charge in [-0.1, -0.05) is 20.3 Å². The number of amides is 2.